The molecule has 3 fully saturated rings. The topological polar surface area (TPSA) is 21.3 Å². The largest absolute Gasteiger partial charge is 0.375 e. The van der Waals surface area contributed by atoms with E-state index in [1.807, 2.05) is 0 Å². The summed E-state index contributed by atoms with van der Waals surface area (Å²) in [5.41, 5.74) is 0.293. The maximum Gasteiger partial charge on any atom is 0.0697 e. The third-order valence-electron chi connectivity index (χ3n) is 5.41. The lowest BCUT2D eigenvalue weighted by atomic mass is 9.73. The summed E-state index contributed by atoms with van der Waals surface area (Å²) in [5, 5.41) is 3.96. The van der Waals surface area contributed by atoms with Crippen molar-refractivity contribution < 1.29 is 4.74 Å². The fraction of sp³-hybridized carbons (Fsp3) is 1.00. The molecule has 0 amide bonds. The molecule has 1 aliphatic heterocycles. The highest BCUT2D eigenvalue weighted by Crippen LogP contribution is 2.42. The van der Waals surface area contributed by atoms with E-state index in [1.54, 1.807) is 0 Å². The molecule has 0 aromatic rings. The molecular weight excluding hydrogens is 222 g/mol. The van der Waals surface area contributed by atoms with Crippen molar-refractivity contribution in [1.29, 1.82) is 0 Å². The van der Waals surface area contributed by atoms with Crippen LogP contribution in [0.3, 0.4) is 0 Å². The molecule has 18 heavy (non-hydrogen) atoms. The highest BCUT2D eigenvalue weighted by Gasteiger charge is 2.43. The maximum atomic E-state index is 6.02. The zero-order chi connectivity index (χ0) is 12.6. The number of ether oxygens (including phenoxy) is 1. The van der Waals surface area contributed by atoms with Gasteiger partial charge in [0.15, 0.2) is 0 Å². The van der Waals surface area contributed by atoms with Crippen LogP contribution >= 0.6 is 0 Å². The van der Waals surface area contributed by atoms with E-state index in [9.17, 15) is 0 Å². The molecule has 2 saturated carbocycles. The third-order valence-corrected chi connectivity index (χ3v) is 5.41. The van der Waals surface area contributed by atoms with E-state index in [0.717, 1.165) is 30.5 Å². The Kier molecular flexibility index (Phi) is 3.68. The molecule has 0 aromatic carbocycles. The average molecular weight is 251 g/mol. The summed E-state index contributed by atoms with van der Waals surface area (Å²) in [6.45, 7) is 5.82. The summed E-state index contributed by atoms with van der Waals surface area (Å²) < 4.78 is 6.02. The van der Waals surface area contributed by atoms with Gasteiger partial charge in [0.05, 0.1) is 5.60 Å². The number of hydrogen-bond acceptors (Lipinski definition) is 2. The summed E-state index contributed by atoms with van der Waals surface area (Å²) >= 11 is 0. The van der Waals surface area contributed by atoms with E-state index in [4.69, 9.17) is 4.74 Å². The third kappa shape index (κ3) is 2.75. The van der Waals surface area contributed by atoms with Crippen molar-refractivity contribution in [3.63, 3.8) is 0 Å². The van der Waals surface area contributed by atoms with Crippen molar-refractivity contribution in [2.75, 3.05) is 6.61 Å². The van der Waals surface area contributed by atoms with Crippen LogP contribution in [-0.4, -0.2) is 24.3 Å². The molecule has 3 rings (SSSR count). The summed E-state index contributed by atoms with van der Waals surface area (Å²) in [6.07, 6.45) is 10.7. The minimum Gasteiger partial charge on any atom is -0.375 e. The van der Waals surface area contributed by atoms with E-state index >= 15 is 0 Å². The van der Waals surface area contributed by atoms with Gasteiger partial charge < -0.3 is 10.1 Å². The van der Waals surface area contributed by atoms with Gasteiger partial charge in [0.25, 0.3) is 0 Å². The minimum absolute atomic E-state index is 0.293. The molecule has 0 aromatic heterocycles. The van der Waals surface area contributed by atoms with E-state index in [2.05, 4.69) is 19.2 Å². The van der Waals surface area contributed by atoms with Gasteiger partial charge in [0.1, 0.15) is 0 Å². The van der Waals surface area contributed by atoms with Gasteiger partial charge in [-0.25, -0.2) is 0 Å². The quantitative estimate of drug-likeness (QED) is 0.811. The molecule has 3 atom stereocenters. The SMILES string of the molecule is CC1CC(C)CC(NC2CCOC3(CCC3)C2)C1. The fourth-order valence-corrected chi connectivity index (χ4v) is 4.51. The van der Waals surface area contributed by atoms with Crippen LogP contribution in [-0.2, 0) is 4.74 Å². The Bertz CT molecular complexity index is 277. The second kappa shape index (κ2) is 5.13. The van der Waals surface area contributed by atoms with Gasteiger partial charge in [0, 0.05) is 18.7 Å². The van der Waals surface area contributed by atoms with Crippen molar-refractivity contribution >= 4 is 0 Å². The van der Waals surface area contributed by atoms with Crippen molar-refractivity contribution in [3.05, 3.63) is 0 Å². The molecule has 3 unspecified atom stereocenters. The van der Waals surface area contributed by atoms with Crippen LogP contribution in [0, 0.1) is 11.8 Å². The number of nitrogens with one attached hydrogen (secondary N) is 1. The summed E-state index contributed by atoms with van der Waals surface area (Å²) in [6, 6.07) is 1.49. The van der Waals surface area contributed by atoms with Crippen molar-refractivity contribution in [2.24, 2.45) is 11.8 Å². The Labute approximate surface area is 112 Å². The zero-order valence-electron chi connectivity index (χ0n) is 12.1. The van der Waals surface area contributed by atoms with Crippen LogP contribution in [0.2, 0.25) is 0 Å². The van der Waals surface area contributed by atoms with Crippen molar-refractivity contribution in [1.82, 2.24) is 5.32 Å². The van der Waals surface area contributed by atoms with Crippen molar-refractivity contribution in [3.8, 4) is 0 Å². The van der Waals surface area contributed by atoms with Crippen molar-refractivity contribution in [2.45, 2.75) is 82.9 Å². The highest BCUT2D eigenvalue weighted by atomic mass is 16.5. The fourth-order valence-electron chi connectivity index (χ4n) is 4.51. The van der Waals surface area contributed by atoms with Gasteiger partial charge in [0.2, 0.25) is 0 Å². The predicted octanol–water partition coefficient (Wildman–Crippen LogP) is 3.50. The Hall–Kier alpha value is -0.0800. The lowest BCUT2D eigenvalue weighted by Crippen LogP contribution is -2.53. The van der Waals surface area contributed by atoms with E-state index in [0.29, 0.717) is 5.60 Å². The normalized spacial score (nSPS) is 43.7. The molecule has 0 radical (unpaired) electrons. The highest BCUT2D eigenvalue weighted by molar-refractivity contribution is 4.97. The first-order chi connectivity index (χ1) is 8.65. The van der Waals surface area contributed by atoms with Gasteiger partial charge in [-0.15, -0.1) is 0 Å². The maximum absolute atomic E-state index is 6.02. The molecule has 2 nitrogen and oxygen atoms in total. The smallest absolute Gasteiger partial charge is 0.0697 e. The Morgan fingerprint density at radius 2 is 1.72 bits per heavy atom. The van der Waals surface area contributed by atoms with Gasteiger partial charge in [-0.05, 0) is 63.2 Å². The predicted molar refractivity (Wildman–Crippen MR) is 74.7 cm³/mol. The van der Waals surface area contributed by atoms with Crippen LogP contribution in [0.15, 0.2) is 0 Å². The first-order valence-corrected chi connectivity index (χ1v) is 8.05. The van der Waals surface area contributed by atoms with Gasteiger partial charge in [-0.2, -0.15) is 0 Å². The van der Waals surface area contributed by atoms with Crippen LogP contribution < -0.4 is 5.32 Å². The summed E-state index contributed by atoms with van der Waals surface area (Å²) in [5.74, 6) is 1.81. The molecule has 1 saturated heterocycles. The second-order valence-corrected chi connectivity index (χ2v) is 7.36. The van der Waals surface area contributed by atoms with Crippen LogP contribution in [0.5, 0.6) is 0 Å². The molecule has 1 spiro atoms. The summed E-state index contributed by atoms with van der Waals surface area (Å²) in [7, 11) is 0. The summed E-state index contributed by atoms with van der Waals surface area (Å²) in [4.78, 5) is 0. The van der Waals surface area contributed by atoms with E-state index in [-0.39, 0.29) is 0 Å². The molecular formula is C16H29NO. The zero-order valence-corrected chi connectivity index (χ0v) is 12.1. The van der Waals surface area contributed by atoms with E-state index < -0.39 is 0 Å². The standard InChI is InChI=1S/C16H29NO/c1-12-8-13(2)10-15(9-12)17-14-4-7-18-16(11-14)5-3-6-16/h12-15,17H,3-11H2,1-2H3. The molecule has 0 bridgehead atoms. The molecule has 2 heteroatoms. The second-order valence-electron chi connectivity index (χ2n) is 7.36. The van der Waals surface area contributed by atoms with Crippen LogP contribution in [0.4, 0.5) is 0 Å². The first kappa shape index (κ1) is 12.9. The van der Waals surface area contributed by atoms with Gasteiger partial charge >= 0.3 is 0 Å². The van der Waals surface area contributed by atoms with E-state index in [1.165, 1.54) is 51.4 Å². The van der Waals surface area contributed by atoms with Gasteiger partial charge in [-0.3, -0.25) is 0 Å². The lowest BCUT2D eigenvalue weighted by Gasteiger charge is -2.48. The Morgan fingerprint density at radius 1 is 1.00 bits per heavy atom. The Morgan fingerprint density at radius 3 is 2.33 bits per heavy atom. The first-order valence-electron chi connectivity index (χ1n) is 8.05. The lowest BCUT2D eigenvalue weighted by molar-refractivity contribution is -0.136. The molecule has 1 N–H and O–H groups in total. The van der Waals surface area contributed by atoms with Crippen LogP contribution in [0.25, 0.3) is 0 Å². The molecule has 3 aliphatic rings. The molecule has 104 valence electrons. The van der Waals surface area contributed by atoms with Gasteiger partial charge in [-0.1, -0.05) is 13.8 Å². The number of rotatable bonds is 2. The molecule has 1 heterocycles. The number of hydrogen-bond donors (Lipinski definition) is 1. The monoisotopic (exact) mass is 251 g/mol. The molecule has 2 aliphatic carbocycles. The Balaban J connectivity index is 1.52. The average Bonchev–Trinajstić information content (AvgIpc) is 2.26. The van der Waals surface area contributed by atoms with Crippen LogP contribution in [0.1, 0.15) is 65.2 Å². The minimum atomic E-state index is 0.293.